The molecule has 3 nitrogen and oxygen atoms in total. The molecule has 0 radical (unpaired) electrons. The number of hydrogen-bond acceptors (Lipinski definition) is 3. The van der Waals surface area contributed by atoms with Gasteiger partial charge in [-0.15, -0.1) is 11.6 Å². The van der Waals surface area contributed by atoms with Crippen molar-refractivity contribution in [2.24, 2.45) is 17.3 Å². The van der Waals surface area contributed by atoms with Crippen molar-refractivity contribution in [1.29, 1.82) is 0 Å². The summed E-state index contributed by atoms with van der Waals surface area (Å²) in [7, 11) is 0. The zero-order chi connectivity index (χ0) is 13.3. The van der Waals surface area contributed by atoms with Crippen LogP contribution in [-0.4, -0.2) is 23.6 Å². The second-order valence-electron chi connectivity index (χ2n) is 5.57. The lowest BCUT2D eigenvalue weighted by molar-refractivity contribution is -0.140. The van der Waals surface area contributed by atoms with E-state index in [4.69, 9.17) is 16.3 Å². The van der Waals surface area contributed by atoms with Gasteiger partial charge in [0, 0.05) is 18.2 Å². The van der Waals surface area contributed by atoms with Crippen molar-refractivity contribution in [2.45, 2.75) is 39.5 Å². The highest BCUT2D eigenvalue weighted by Crippen LogP contribution is 2.57. The summed E-state index contributed by atoms with van der Waals surface area (Å²) in [6.45, 7) is 4.33. The third-order valence-corrected chi connectivity index (χ3v) is 5.15. The number of rotatable bonds is 3. The fraction of sp³-hybridized carbons (Fsp3) is 0.786. The van der Waals surface area contributed by atoms with E-state index in [-0.39, 0.29) is 23.1 Å². The molecule has 3 atom stereocenters. The lowest BCUT2D eigenvalue weighted by atomic mass is 9.65. The van der Waals surface area contributed by atoms with E-state index in [0.717, 1.165) is 19.3 Å². The van der Waals surface area contributed by atoms with Gasteiger partial charge in [-0.1, -0.05) is 6.92 Å². The van der Waals surface area contributed by atoms with Crippen LogP contribution >= 0.6 is 11.6 Å². The number of esters is 1. The smallest absolute Gasteiger partial charge is 0.337 e. The van der Waals surface area contributed by atoms with Crippen LogP contribution < -0.4 is 0 Å². The second kappa shape index (κ2) is 5.12. The molecule has 0 aromatic heterocycles. The third kappa shape index (κ3) is 2.03. The van der Waals surface area contributed by atoms with Crippen molar-refractivity contribution in [3.8, 4) is 0 Å². The molecule has 1 saturated carbocycles. The Morgan fingerprint density at radius 1 is 1.56 bits per heavy atom. The van der Waals surface area contributed by atoms with E-state index in [1.54, 1.807) is 6.92 Å². The largest absolute Gasteiger partial charge is 0.512 e. The SMILES string of the molecule is CCOC(=O)C1=C(O)CC[C@@]2(C)[C@H](CCl)CC[C@@H]12. The first-order chi connectivity index (χ1) is 8.54. The first kappa shape index (κ1) is 13.7. The Labute approximate surface area is 113 Å². The van der Waals surface area contributed by atoms with Crippen LogP contribution in [0.4, 0.5) is 0 Å². The van der Waals surface area contributed by atoms with Gasteiger partial charge in [-0.2, -0.15) is 0 Å². The quantitative estimate of drug-likeness (QED) is 0.632. The molecule has 1 fully saturated rings. The topological polar surface area (TPSA) is 46.5 Å². The number of hydrogen-bond donors (Lipinski definition) is 1. The fourth-order valence-electron chi connectivity index (χ4n) is 3.61. The Kier molecular flexibility index (Phi) is 3.90. The van der Waals surface area contributed by atoms with E-state index in [9.17, 15) is 9.90 Å². The zero-order valence-corrected chi connectivity index (χ0v) is 11.8. The zero-order valence-electron chi connectivity index (χ0n) is 11.0. The van der Waals surface area contributed by atoms with Gasteiger partial charge in [-0.25, -0.2) is 4.79 Å². The van der Waals surface area contributed by atoms with Gasteiger partial charge in [0.2, 0.25) is 0 Å². The van der Waals surface area contributed by atoms with Crippen LogP contribution in [0.15, 0.2) is 11.3 Å². The first-order valence-corrected chi connectivity index (χ1v) is 7.23. The molecule has 0 saturated heterocycles. The molecular formula is C14H21ClO3. The molecule has 18 heavy (non-hydrogen) atoms. The summed E-state index contributed by atoms with van der Waals surface area (Å²) < 4.78 is 5.08. The monoisotopic (exact) mass is 272 g/mol. The molecule has 1 N–H and O–H groups in total. The first-order valence-electron chi connectivity index (χ1n) is 6.69. The maximum atomic E-state index is 12.0. The Bertz CT molecular complexity index is 377. The number of fused-ring (bicyclic) bond motifs is 1. The predicted molar refractivity (Wildman–Crippen MR) is 70.6 cm³/mol. The maximum absolute atomic E-state index is 12.0. The summed E-state index contributed by atoms with van der Waals surface area (Å²) in [5.41, 5.74) is 0.550. The minimum Gasteiger partial charge on any atom is -0.512 e. The van der Waals surface area contributed by atoms with Crippen LogP contribution in [0.2, 0.25) is 0 Å². The van der Waals surface area contributed by atoms with Gasteiger partial charge in [0.25, 0.3) is 0 Å². The summed E-state index contributed by atoms with van der Waals surface area (Å²) in [5.74, 6) is 1.05. The van der Waals surface area contributed by atoms with Gasteiger partial charge in [0.1, 0.15) is 5.76 Å². The fourth-order valence-corrected chi connectivity index (χ4v) is 4.12. The summed E-state index contributed by atoms with van der Waals surface area (Å²) in [4.78, 5) is 12.0. The van der Waals surface area contributed by atoms with Gasteiger partial charge in [0.15, 0.2) is 0 Å². The van der Waals surface area contributed by atoms with Crippen LogP contribution in [-0.2, 0) is 9.53 Å². The second-order valence-corrected chi connectivity index (χ2v) is 5.88. The highest BCUT2D eigenvalue weighted by molar-refractivity contribution is 6.18. The van der Waals surface area contributed by atoms with Crippen molar-refractivity contribution in [3.05, 3.63) is 11.3 Å². The number of aliphatic hydroxyl groups excluding tert-OH is 1. The number of alkyl halides is 1. The molecule has 0 aliphatic heterocycles. The van der Waals surface area contributed by atoms with Crippen LogP contribution in [0.25, 0.3) is 0 Å². The van der Waals surface area contributed by atoms with Crippen molar-refractivity contribution in [2.75, 3.05) is 12.5 Å². The minimum absolute atomic E-state index is 0.0378. The van der Waals surface area contributed by atoms with E-state index in [2.05, 4.69) is 6.92 Å². The van der Waals surface area contributed by atoms with Crippen molar-refractivity contribution in [3.63, 3.8) is 0 Å². The molecule has 0 bridgehead atoms. The highest BCUT2D eigenvalue weighted by atomic mass is 35.5. The Morgan fingerprint density at radius 2 is 2.28 bits per heavy atom. The minimum atomic E-state index is -0.346. The normalized spacial score (nSPS) is 35.5. The van der Waals surface area contributed by atoms with Crippen LogP contribution in [0.5, 0.6) is 0 Å². The lowest BCUT2D eigenvalue weighted by Gasteiger charge is -2.40. The molecule has 0 unspecified atom stereocenters. The van der Waals surface area contributed by atoms with Gasteiger partial charge >= 0.3 is 5.97 Å². The molecule has 102 valence electrons. The number of carbonyl (C=O) groups is 1. The molecule has 2 aliphatic carbocycles. The average Bonchev–Trinajstić information content (AvgIpc) is 2.66. The molecule has 4 heteroatoms. The summed E-state index contributed by atoms with van der Waals surface area (Å²) in [5, 5.41) is 10.0. The molecule has 2 rings (SSSR count). The Morgan fingerprint density at radius 3 is 2.89 bits per heavy atom. The highest BCUT2D eigenvalue weighted by Gasteiger charge is 2.51. The lowest BCUT2D eigenvalue weighted by Crippen LogP contribution is -2.37. The van der Waals surface area contributed by atoms with E-state index in [1.807, 2.05) is 0 Å². The molecule has 0 amide bonds. The molecule has 0 spiro atoms. The van der Waals surface area contributed by atoms with E-state index in [1.165, 1.54) is 0 Å². The number of halogens is 1. The molecule has 0 aromatic rings. The van der Waals surface area contributed by atoms with E-state index in [0.29, 0.717) is 30.4 Å². The number of allylic oxidation sites excluding steroid dienone is 1. The van der Waals surface area contributed by atoms with Gasteiger partial charge in [0.05, 0.1) is 12.2 Å². The predicted octanol–water partition coefficient (Wildman–Crippen LogP) is 3.43. The summed E-state index contributed by atoms with van der Waals surface area (Å²) in [6.07, 6.45) is 3.42. The molecule has 0 aromatic carbocycles. The van der Waals surface area contributed by atoms with Crippen molar-refractivity contribution in [1.82, 2.24) is 0 Å². The standard InChI is InChI=1S/C14H21ClO3/c1-3-18-13(17)12-10-5-4-9(8-15)14(10,2)7-6-11(12)16/h9-10,16H,3-8H2,1-2H3/t9-,10-,14-/m0/s1. The van der Waals surface area contributed by atoms with Gasteiger partial charge in [-0.05, 0) is 37.5 Å². The van der Waals surface area contributed by atoms with Gasteiger partial charge < -0.3 is 9.84 Å². The van der Waals surface area contributed by atoms with Crippen molar-refractivity contribution >= 4 is 17.6 Å². The van der Waals surface area contributed by atoms with E-state index < -0.39 is 0 Å². The summed E-state index contributed by atoms with van der Waals surface area (Å²) >= 11 is 6.05. The Balaban J connectivity index is 2.31. The van der Waals surface area contributed by atoms with Crippen LogP contribution in [0, 0.1) is 17.3 Å². The van der Waals surface area contributed by atoms with Gasteiger partial charge in [-0.3, -0.25) is 0 Å². The third-order valence-electron chi connectivity index (χ3n) is 4.77. The number of ether oxygens (including phenoxy) is 1. The van der Waals surface area contributed by atoms with E-state index >= 15 is 0 Å². The summed E-state index contributed by atoms with van der Waals surface area (Å²) in [6, 6.07) is 0. The molecular weight excluding hydrogens is 252 g/mol. The number of aliphatic hydroxyl groups is 1. The van der Waals surface area contributed by atoms with Crippen LogP contribution in [0.1, 0.15) is 39.5 Å². The molecule has 2 aliphatic rings. The average molecular weight is 273 g/mol. The maximum Gasteiger partial charge on any atom is 0.337 e. The Hall–Kier alpha value is -0.700. The van der Waals surface area contributed by atoms with Crippen LogP contribution in [0.3, 0.4) is 0 Å². The number of carbonyl (C=O) groups excluding carboxylic acids is 1. The molecule has 0 heterocycles. The van der Waals surface area contributed by atoms with Crippen molar-refractivity contribution < 1.29 is 14.6 Å².